The Hall–Kier alpha value is -5.65. The zero-order chi connectivity index (χ0) is 46.8. The molecule has 3 aromatic rings. The average Bonchev–Trinajstić information content (AvgIpc) is 3.53. The van der Waals surface area contributed by atoms with Crippen molar-refractivity contribution in [3.8, 4) is 17.2 Å². The Morgan fingerprint density at radius 1 is 1.02 bits per heavy atom. The number of nitrogens with two attached hydrogens (primary N) is 1. The van der Waals surface area contributed by atoms with Crippen molar-refractivity contribution < 1.29 is 53.8 Å². The third-order valence-corrected chi connectivity index (χ3v) is 12.6. The number of benzene rings is 3. The number of ether oxygens (including phenoxy) is 4. The van der Waals surface area contributed by atoms with Gasteiger partial charge in [-0.05, 0) is 39.0 Å². The van der Waals surface area contributed by atoms with Gasteiger partial charge in [-0.15, -0.1) is 0 Å². The number of nitrogens with zero attached hydrogens (tertiary/aromatic N) is 3. The predicted octanol–water partition coefficient (Wildman–Crippen LogP) is 3.88. The number of Topliss-reactive ketones (excluding diaryl/α,β-unsaturated/α-hetero) is 1. The lowest BCUT2D eigenvalue weighted by molar-refractivity contribution is -0.156. The molecule has 344 valence electrons. The smallest absolute Gasteiger partial charge is 0.312 e. The molecule has 7 N–H and O–H groups in total. The summed E-state index contributed by atoms with van der Waals surface area (Å²) in [5.41, 5.74) is 8.35. The largest absolute Gasteiger partial charge is 0.507 e. The molecule has 16 nitrogen and oxygen atoms in total. The number of hydrogen-bond acceptors (Lipinski definition) is 15. The van der Waals surface area contributed by atoms with E-state index in [1.165, 1.54) is 53.2 Å². The number of aromatic hydroxyl groups is 2. The molecular formula is C48H61N5O11. The van der Waals surface area contributed by atoms with Crippen molar-refractivity contribution in [1.29, 1.82) is 0 Å². The Labute approximate surface area is 372 Å². The van der Waals surface area contributed by atoms with E-state index in [0.29, 0.717) is 13.0 Å². The first-order chi connectivity index (χ1) is 30.3. The van der Waals surface area contributed by atoms with Gasteiger partial charge in [0.1, 0.15) is 28.3 Å². The molecule has 0 aromatic heterocycles. The molecule has 0 saturated heterocycles. The lowest BCUT2D eigenvalue weighted by Crippen LogP contribution is -2.55. The number of anilines is 1. The molecule has 0 fully saturated rings. The van der Waals surface area contributed by atoms with E-state index in [2.05, 4.69) is 27.3 Å². The number of aliphatic hydroxyl groups excluding tert-OH is 2. The highest BCUT2D eigenvalue weighted by Crippen LogP contribution is 2.50. The van der Waals surface area contributed by atoms with Gasteiger partial charge in [0, 0.05) is 74.4 Å². The number of carbonyl (C=O) groups is 3. The van der Waals surface area contributed by atoms with Crippen molar-refractivity contribution in [3.63, 3.8) is 0 Å². The molecule has 1 amide bonds. The molecule has 3 heterocycles. The molecule has 0 saturated carbocycles. The molecular weight excluding hydrogens is 823 g/mol. The molecule has 1 unspecified atom stereocenters. The van der Waals surface area contributed by atoms with Gasteiger partial charge >= 0.3 is 11.8 Å². The number of phenolic OH excluding ortho intramolecular Hbond substituents is 2. The zero-order valence-electron chi connectivity index (χ0n) is 37.9. The van der Waals surface area contributed by atoms with Crippen LogP contribution in [0.2, 0.25) is 0 Å². The number of amides is 1. The third-order valence-electron chi connectivity index (χ3n) is 12.6. The van der Waals surface area contributed by atoms with Gasteiger partial charge in [-0.2, -0.15) is 0 Å². The third kappa shape index (κ3) is 9.56. The highest BCUT2D eigenvalue weighted by molar-refractivity contribution is 6.21. The topological polar surface area (TPSA) is 235 Å². The van der Waals surface area contributed by atoms with Crippen LogP contribution in [0.15, 0.2) is 76.5 Å². The first kappa shape index (κ1) is 47.8. The number of aliphatic hydroxyl groups is 2. The van der Waals surface area contributed by atoms with Crippen molar-refractivity contribution in [2.24, 2.45) is 33.5 Å². The van der Waals surface area contributed by atoms with Gasteiger partial charge in [0.2, 0.25) is 0 Å². The Balaban J connectivity index is 1.50. The number of fused-ring (bicyclic) bond motifs is 1. The van der Waals surface area contributed by atoms with Crippen LogP contribution in [-0.2, 0) is 30.3 Å². The second-order valence-corrected chi connectivity index (χ2v) is 17.4. The van der Waals surface area contributed by atoms with Gasteiger partial charge in [-0.1, -0.05) is 69.3 Å². The van der Waals surface area contributed by atoms with E-state index in [-0.39, 0.29) is 62.2 Å². The van der Waals surface area contributed by atoms with Crippen LogP contribution in [0.1, 0.15) is 69.4 Å². The van der Waals surface area contributed by atoms with Gasteiger partial charge in [0.05, 0.1) is 53.8 Å². The molecule has 0 spiro atoms. The molecule has 3 aromatic carbocycles. The number of esters is 1. The Bertz CT molecular complexity index is 2490. The highest BCUT2D eigenvalue weighted by atomic mass is 16.7. The van der Waals surface area contributed by atoms with Gasteiger partial charge < -0.3 is 55.3 Å². The number of methoxy groups -OCH3 is 1. The van der Waals surface area contributed by atoms with E-state index < -0.39 is 83.2 Å². The summed E-state index contributed by atoms with van der Waals surface area (Å²) in [6.45, 7) is 12.4. The van der Waals surface area contributed by atoms with E-state index in [1.54, 1.807) is 32.9 Å². The lowest BCUT2D eigenvalue weighted by atomic mass is 9.81. The van der Waals surface area contributed by atoms with Crippen LogP contribution in [-0.4, -0.2) is 113 Å². The summed E-state index contributed by atoms with van der Waals surface area (Å²) in [5.74, 6) is -6.98. The molecule has 0 radical (unpaired) electrons. The zero-order valence-corrected chi connectivity index (χ0v) is 37.9. The second-order valence-electron chi connectivity index (χ2n) is 17.4. The number of phenols is 2. The van der Waals surface area contributed by atoms with E-state index in [9.17, 15) is 34.8 Å². The average molecular weight is 884 g/mol. The van der Waals surface area contributed by atoms with Crippen molar-refractivity contribution in [2.45, 2.75) is 104 Å². The van der Waals surface area contributed by atoms with Crippen LogP contribution >= 0.6 is 0 Å². The molecule has 3 aliphatic rings. The standard InChI is InChI=1S/C48H61N5O11/c1-24-14-13-15-25(2)47(60)52-39-38-37(51-31(22-50-38)18-20-53(8)23-30-16-11-10-12-17-30)33-34(43(39)58)41(56)28(5)44-35(33)46(59)48(7,64-44)62-21-19-32(61-9)26(3)45(63-29(6)54)36(49)42(57)27(4)40(24)55/h10-17,19,21,24,26-27,31-32,36,40,42,45,51,55-58H,18,20,22-23,49H2,1-9H3/b14-13+,21-19+,25-15-,52-39?/t24-,26+,27+,31?,32-,36+,40-,42+,45+,48-/m0/s1. The van der Waals surface area contributed by atoms with E-state index in [1.807, 2.05) is 25.2 Å². The van der Waals surface area contributed by atoms with Crippen molar-refractivity contribution in [2.75, 3.05) is 32.6 Å². The predicted molar refractivity (Wildman–Crippen MR) is 239 cm³/mol. The monoisotopic (exact) mass is 883 g/mol. The first-order valence-electron chi connectivity index (χ1n) is 21.5. The summed E-state index contributed by atoms with van der Waals surface area (Å²) in [5, 5.41) is 50.1. The molecule has 64 heavy (non-hydrogen) atoms. The number of nitrogens with one attached hydrogen (secondary N) is 1. The van der Waals surface area contributed by atoms with E-state index >= 15 is 0 Å². The second kappa shape index (κ2) is 19.6. The molecule has 10 atom stereocenters. The summed E-state index contributed by atoms with van der Waals surface area (Å²) in [4.78, 5) is 52.3. The van der Waals surface area contributed by atoms with E-state index in [0.717, 1.165) is 12.1 Å². The van der Waals surface area contributed by atoms with Gasteiger partial charge in [-0.3, -0.25) is 19.4 Å². The minimum Gasteiger partial charge on any atom is -0.507 e. The maximum absolute atomic E-state index is 14.8. The Kier molecular flexibility index (Phi) is 14.7. The molecule has 3 aliphatic heterocycles. The van der Waals surface area contributed by atoms with Crippen LogP contribution in [0.5, 0.6) is 17.2 Å². The number of hydrogen-bond donors (Lipinski definition) is 6. The molecule has 6 rings (SSSR count). The van der Waals surface area contributed by atoms with Crippen LogP contribution in [0.4, 0.5) is 5.69 Å². The van der Waals surface area contributed by atoms with Gasteiger partial charge in [-0.25, -0.2) is 4.99 Å². The Morgan fingerprint density at radius 2 is 1.72 bits per heavy atom. The van der Waals surface area contributed by atoms with Crippen molar-refractivity contribution >= 4 is 34.1 Å². The normalized spacial score (nSPS) is 30.6. The maximum atomic E-state index is 14.8. The van der Waals surface area contributed by atoms with Crippen LogP contribution < -0.4 is 26.5 Å². The number of rotatable bonds is 7. The fourth-order valence-corrected chi connectivity index (χ4v) is 8.65. The Morgan fingerprint density at radius 3 is 2.39 bits per heavy atom. The summed E-state index contributed by atoms with van der Waals surface area (Å²) in [6.07, 6.45) is 3.66. The van der Waals surface area contributed by atoms with Crippen LogP contribution in [0.3, 0.4) is 0 Å². The summed E-state index contributed by atoms with van der Waals surface area (Å²) in [6, 6.07) is 8.64. The molecule has 0 aliphatic carbocycles. The number of ketones is 1. The van der Waals surface area contributed by atoms with Crippen molar-refractivity contribution in [3.05, 3.63) is 93.9 Å². The SMILES string of the molecule is CO[C@H]1/C=C/O[C@@]2(C)Oc3c(C)c(O)c4c(O)c(c5c(c4c3C2=O)NC(CCN(C)Cc2ccccc2)CN=5)=NC(=O)/C(C)=C\C=C\[C@H](C)[C@H](O)[C@@H](C)[C@@H](O)[C@@H](N)[C@H](OC(C)=O)[C@@H]1C. The lowest BCUT2D eigenvalue weighted by Gasteiger charge is -2.37. The van der Waals surface area contributed by atoms with Gasteiger partial charge in [0.25, 0.3) is 11.7 Å². The highest BCUT2D eigenvalue weighted by Gasteiger charge is 2.50. The van der Waals surface area contributed by atoms with Crippen LogP contribution in [0, 0.1) is 24.7 Å². The maximum Gasteiger partial charge on any atom is 0.312 e. The minimum absolute atomic E-state index is 0.0165. The van der Waals surface area contributed by atoms with Crippen molar-refractivity contribution in [1.82, 2.24) is 4.90 Å². The summed E-state index contributed by atoms with van der Waals surface area (Å²) in [7, 11) is 3.44. The minimum atomic E-state index is -1.99. The van der Waals surface area contributed by atoms with Crippen LogP contribution in [0.25, 0.3) is 10.8 Å². The summed E-state index contributed by atoms with van der Waals surface area (Å²) < 4.78 is 23.8. The number of allylic oxidation sites excluding steroid dienone is 2. The van der Waals surface area contributed by atoms with E-state index in [4.69, 9.17) is 29.7 Å². The fourth-order valence-electron chi connectivity index (χ4n) is 8.65. The number of carbonyl (C=O) groups excluding carboxylic acids is 3. The molecule has 4 bridgehead atoms. The van der Waals surface area contributed by atoms with Gasteiger partial charge in [0.15, 0.2) is 5.75 Å². The first-order valence-corrected chi connectivity index (χ1v) is 21.5. The quantitative estimate of drug-likeness (QED) is 0.146. The molecule has 16 heteroatoms. The fraction of sp³-hybridized carbons (Fsp3) is 0.479. The summed E-state index contributed by atoms with van der Waals surface area (Å²) >= 11 is 0.